The molecule has 0 aliphatic rings. The topological polar surface area (TPSA) is 12.0 Å². The Bertz CT molecular complexity index is 587. The van der Waals surface area contributed by atoms with Gasteiger partial charge < -0.3 is 5.32 Å². The number of halogens is 1. The Kier molecular flexibility index (Phi) is 4.72. The molecule has 0 bridgehead atoms. The van der Waals surface area contributed by atoms with Crippen molar-refractivity contribution < 1.29 is 0 Å². The SMILES string of the molecule is CC(C)NCCC(C)(C)c1ccc(Cl)c2ccccc12. The van der Waals surface area contributed by atoms with Gasteiger partial charge in [0.15, 0.2) is 0 Å². The Labute approximate surface area is 127 Å². The van der Waals surface area contributed by atoms with E-state index in [9.17, 15) is 0 Å². The molecule has 0 radical (unpaired) electrons. The van der Waals surface area contributed by atoms with E-state index >= 15 is 0 Å². The lowest BCUT2D eigenvalue weighted by atomic mass is 9.79. The van der Waals surface area contributed by atoms with Crippen LogP contribution in [0, 0.1) is 0 Å². The summed E-state index contributed by atoms with van der Waals surface area (Å²) in [6, 6.07) is 13.2. The van der Waals surface area contributed by atoms with E-state index in [1.807, 2.05) is 12.1 Å². The Balaban J connectivity index is 2.34. The highest BCUT2D eigenvalue weighted by atomic mass is 35.5. The minimum Gasteiger partial charge on any atom is -0.315 e. The molecular formula is C18H24ClN. The Hall–Kier alpha value is -1.05. The second-order valence-electron chi connectivity index (χ2n) is 6.38. The molecule has 0 heterocycles. The first-order valence-corrected chi connectivity index (χ1v) is 7.71. The van der Waals surface area contributed by atoms with Gasteiger partial charge in [0.05, 0.1) is 0 Å². The van der Waals surface area contributed by atoms with Crippen LogP contribution in [0.5, 0.6) is 0 Å². The fraction of sp³-hybridized carbons (Fsp3) is 0.444. The van der Waals surface area contributed by atoms with Crippen LogP contribution in [0.1, 0.15) is 39.7 Å². The standard InChI is InChI=1S/C18H24ClN/c1-13(2)20-12-11-18(3,4)16-9-10-17(19)15-8-6-5-7-14(15)16/h5-10,13,20H,11-12H2,1-4H3. The summed E-state index contributed by atoms with van der Waals surface area (Å²) in [6.07, 6.45) is 1.11. The van der Waals surface area contributed by atoms with Crippen molar-refractivity contribution in [2.75, 3.05) is 6.54 Å². The molecule has 2 aromatic carbocycles. The molecule has 1 N–H and O–H groups in total. The zero-order valence-corrected chi connectivity index (χ0v) is 13.6. The van der Waals surface area contributed by atoms with E-state index in [-0.39, 0.29) is 5.41 Å². The highest BCUT2D eigenvalue weighted by Gasteiger charge is 2.22. The monoisotopic (exact) mass is 289 g/mol. The van der Waals surface area contributed by atoms with E-state index in [1.54, 1.807) is 0 Å². The summed E-state index contributed by atoms with van der Waals surface area (Å²) in [6.45, 7) is 10.0. The maximum atomic E-state index is 6.31. The first kappa shape index (κ1) is 15.3. The lowest BCUT2D eigenvalue weighted by Crippen LogP contribution is -2.29. The van der Waals surface area contributed by atoms with Gasteiger partial charge in [0.2, 0.25) is 0 Å². The third-order valence-electron chi connectivity index (χ3n) is 3.90. The number of rotatable bonds is 5. The van der Waals surface area contributed by atoms with Crippen LogP contribution >= 0.6 is 11.6 Å². The predicted octanol–water partition coefficient (Wildman–Crippen LogP) is 5.16. The molecule has 0 fully saturated rings. The molecule has 0 amide bonds. The van der Waals surface area contributed by atoms with E-state index in [1.165, 1.54) is 10.9 Å². The summed E-state index contributed by atoms with van der Waals surface area (Å²) in [5, 5.41) is 6.76. The second-order valence-corrected chi connectivity index (χ2v) is 6.79. The van der Waals surface area contributed by atoms with Crippen molar-refractivity contribution in [3.63, 3.8) is 0 Å². The molecule has 0 aliphatic heterocycles. The van der Waals surface area contributed by atoms with Crippen LogP contribution in [-0.4, -0.2) is 12.6 Å². The number of fused-ring (bicyclic) bond motifs is 1. The van der Waals surface area contributed by atoms with Gasteiger partial charge in [0.1, 0.15) is 0 Å². The van der Waals surface area contributed by atoms with Gasteiger partial charge in [0.25, 0.3) is 0 Å². The van der Waals surface area contributed by atoms with E-state index < -0.39 is 0 Å². The summed E-state index contributed by atoms with van der Waals surface area (Å²) in [5.74, 6) is 0. The maximum Gasteiger partial charge on any atom is 0.0484 e. The molecule has 0 aromatic heterocycles. The van der Waals surface area contributed by atoms with Gasteiger partial charge in [0, 0.05) is 16.5 Å². The molecule has 20 heavy (non-hydrogen) atoms. The van der Waals surface area contributed by atoms with Gasteiger partial charge in [-0.15, -0.1) is 0 Å². The molecule has 0 unspecified atom stereocenters. The molecule has 2 aromatic rings. The van der Waals surface area contributed by atoms with Crippen molar-refractivity contribution in [2.24, 2.45) is 0 Å². The van der Waals surface area contributed by atoms with Gasteiger partial charge in [-0.25, -0.2) is 0 Å². The lowest BCUT2D eigenvalue weighted by Gasteiger charge is -2.28. The molecule has 2 heteroatoms. The first-order chi connectivity index (χ1) is 9.42. The zero-order chi connectivity index (χ0) is 14.8. The summed E-state index contributed by atoms with van der Waals surface area (Å²) in [7, 11) is 0. The fourth-order valence-electron chi connectivity index (χ4n) is 2.66. The van der Waals surface area contributed by atoms with Crippen molar-refractivity contribution in [3.05, 3.63) is 47.0 Å². The quantitative estimate of drug-likeness (QED) is 0.802. The van der Waals surface area contributed by atoms with Crippen LogP contribution < -0.4 is 5.32 Å². The summed E-state index contributed by atoms with van der Waals surface area (Å²) in [4.78, 5) is 0. The maximum absolute atomic E-state index is 6.31. The van der Waals surface area contributed by atoms with Crippen LogP contribution in [0.15, 0.2) is 36.4 Å². The van der Waals surface area contributed by atoms with Crippen LogP contribution in [0.4, 0.5) is 0 Å². The van der Waals surface area contributed by atoms with E-state index in [4.69, 9.17) is 11.6 Å². The van der Waals surface area contributed by atoms with E-state index in [0.717, 1.165) is 23.4 Å². The predicted molar refractivity (Wildman–Crippen MR) is 89.7 cm³/mol. The molecule has 0 spiro atoms. The number of hydrogen-bond acceptors (Lipinski definition) is 1. The number of nitrogens with one attached hydrogen (secondary N) is 1. The molecule has 0 atom stereocenters. The molecular weight excluding hydrogens is 266 g/mol. The fourth-order valence-corrected chi connectivity index (χ4v) is 2.89. The minimum absolute atomic E-state index is 0.131. The second kappa shape index (κ2) is 6.15. The third-order valence-corrected chi connectivity index (χ3v) is 4.23. The summed E-state index contributed by atoms with van der Waals surface area (Å²) in [5.41, 5.74) is 1.51. The van der Waals surface area contributed by atoms with Crippen molar-refractivity contribution in [2.45, 2.75) is 45.6 Å². The largest absolute Gasteiger partial charge is 0.315 e. The van der Waals surface area contributed by atoms with Crippen LogP contribution in [0.3, 0.4) is 0 Å². The van der Waals surface area contributed by atoms with Gasteiger partial charge >= 0.3 is 0 Å². The van der Waals surface area contributed by atoms with Crippen molar-refractivity contribution in [1.29, 1.82) is 0 Å². The van der Waals surface area contributed by atoms with E-state index in [0.29, 0.717) is 6.04 Å². The van der Waals surface area contributed by atoms with Crippen molar-refractivity contribution >= 4 is 22.4 Å². The molecule has 1 nitrogen and oxygen atoms in total. The Morgan fingerprint density at radius 1 is 1.05 bits per heavy atom. The van der Waals surface area contributed by atoms with Crippen LogP contribution in [0.2, 0.25) is 5.02 Å². The van der Waals surface area contributed by atoms with E-state index in [2.05, 4.69) is 57.3 Å². The third kappa shape index (κ3) is 3.34. The lowest BCUT2D eigenvalue weighted by molar-refractivity contribution is 0.444. The Morgan fingerprint density at radius 3 is 2.35 bits per heavy atom. The summed E-state index contributed by atoms with van der Waals surface area (Å²) >= 11 is 6.31. The smallest absolute Gasteiger partial charge is 0.0484 e. The zero-order valence-electron chi connectivity index (χ0n) is 12.8. The highest BCUT2D eigenvalue weighted by molar-refractivity contribution is 6.35. The molecule has 2 rings (SSSR count). The molecule has 0 saturated heterocycles. The van der Waals surface area contributed by atoms with Crippen LogP contribution in [-0.2, 0) is 5.41 Å². The van der Waals surface area contributed by atoms with Gasteiger partial charge in [-0.3, -0.25) is 0 Å². The normalized spacial score (nSPS) is 12.3. The average molecular weight is 290 g/mol. The minimum atomic E-state index is 0.131. The van der Waals surface area contributed by atoms with Crippen molar-refractivity contribution in [3.8, 4) is 0 Å². The molecule has 108 valence electrons. The van der Waals surface area contributed by atoms with Crippen LogP contribution in [0.25, 0.3) is 10.8 Å². The number of hydrogen-bond donors (Lipinski definition) is 1. The van der Waals surface area contributed by atoms with Gasteiger partial charge in [-0.05, 0) is 35.4 Å². The van der Waals surface area contributed by atoms with Gasteiger partial charge in [-0.1, -0.05) is 69.6 Å². The Morgan fingerprint density at radius 2 is 1.70 bits per heavy atom. The molecule has 0 saturated carbocycles. The van der Waals surface area contributed by atoms with Crippen molar-refractivity contribution in [1.82, 2.24) is 5.32 Å². The summed E-state index contributed by atoms with van der Waals surface area (Å²) < 4.78 is 0. The highest BCUT2D eigenvalue weighted by Crippen LogP contribution is 2.35. The average Bonchev–Trinajstić information content (AvgIpc) is 2.38. The molecule has 0 aliphatic carbocycles. The van der Waals surface area contributed by atoms with Gasteiger partial charge in [-0.2, -0.15) is 0 Å². The number of benzene rings is 2. The first-order valence-electron chi connectivity index (χ1n) is 7.33.